The van der Waals surface area contributed by atoms with Crippen LogP contribution in [0.25, 0.3) is 11.1 Å². The molecule has 3 heteroatoms. The summed E-state index contributed by atoms with van der Waals surface area (Å²) < 4.78 is 5.08. The molecule has 0 nitrogen and oxygen atoms in total. The van der Waals surface area contributed by atoms with Crippen LogP contribution in [0.5, 0.6) is 0 Å². The number of benzene rings is 4. The molecular formula is C47H56Cl2Zr. The fourth-order valence-electron chi connectivity index (χ4n) is 8.31. The molecule has 4 aromatic carbocycles. The summed E-state index contributed by atoms with van der Waals surface area (Å²) in [6.45, 7) is 28.7. The van der Waals surface area contributed by atoms with Crippen LogP contribution in [0.1, 0.15) is 120 Å². The molecule has 4 aromatic rings. The Morgan fingerprint density at radius 2 is 1.20 bits per heavy atom. The Kier molecular flexibility index (Phi) is 12.1. The zero-order valence-electron chi connectivity index (χ0n) is 32.4. The minimum atomic E-state index is -2.95. The molecule has 262 valence electrons. The second kappa shape index (κ2) is 15.0. The number of rotatable bonds is 5. The molecule has 0 saturated heterocycles. The first-order valence-electron chi connectivity index (χ1n) is 18.1. The van der Waals surface area contributed by atoms with E-state index in [1.165, 1.54) is 50.1 Å². The second-order valence-corrected chi connectivity index (χ2v) is 23.1. The van der Waals surface area contributed by atoms with E-state index in [0.717, 1.165) is 12.8 Å². The maximum absolute atomic E-state index is 2.95. The van der Waals surface area contributed by atoms with Crippen LogP contribution in [-0.2, 0) is 38.5 Å². The Labute approximate surface area is 323 Å². The monoisotopic (exact) mass is 780 g/mol. The largest absolute Gasteiger partial charge is 1.00 e. The molecule has 1 atom stereocenters. The summed E-state index contributed by atoms with van der Waals surface area (Å²) in [5, 5.41) is 0. The molecule has 2 aliphatic rings. The van der Waals surface area contributed by atoms with E-state index in [4.69, 9.17) is 0 Å². The van der Waals surface area contributed by atoms with Gasteiger partial charge in [0.15, 0.2) is 0 Å². The minimum absolute atomic E-state index is 0. The van der Waals surface area contributed by atoms with Crippen molar-refractivity contribution in [2.75, 3.05) is 0 Å². The van der Waals surface area contributed by atoms with Crippen molar-refractivity contribution < 1.29 is 46.1 Å². The fraction of sp³-hybridized carbons (Fsp3) is 0.383. The van der Waals surface area contributed by atoms with Gasteiger partial charge in [0.05, 0.1) is 0 Å². The fourth-order valence-corrected chi connectivity index (χ4v) is 17.5. The predicted molar refractivity (Wildman–Crippen MR) is 207 cm³/mol. The maximum atomic E-state index is 2.69. The van der Waals surface area contributed by atoms with E-state index in [-0.39, 0.29) is 41.1 Å². The minimum Gasteiger partial charge on any atom is -1.00 e. The summed E-state index contributed by atoms with van der Waals surface area (Å²) in [5.41, 5.74) is 16.6. The molecule has 0 aliphatic heterocycles. The third-order valence-electron chi connectivity index (χ3n) is 10.7. The van der Waals surface area contributed by atoms with E-state index in [1.54, 1.807) is 20.9 Å². The first-order valence-corrected chi connectivity index (χ1v) is 21.8. The molecule has 0 heterocycles. The topological polar surface area (TPSA) is 0 Å². The van der Waals surface area contributed by atoms with Crippen LogP contribution in [0.15, 0.2) is 99.9 Å². The summed E-state index contributed by atoms with van der Waals surface area (Å²) in [6, 6.07) is 30.5. The van der Waals surface area contributed by atoms with Crippen LogP contribution in [0.4, 0.5) is 0 Å². The van der Waals surface area contributed by atoms with Crippen LogP contribution in [0.3, 0.4) is 0 Å². The zero-order chi connectivity index (χ0) is 34.8. The Morgan fingerprint density at radius 3 is 1.68 bits per heavy atom. The van der Waals surface area contributed by atoms with Crippen molar-refractivity contribution in [2.45, 2.75) is 107 Å². The number of hydrogen-bond acceptors (Lipinski definition) is 0. The van der Waals surface area contributed by atoms with Crippen molar-refractivity contribution in [2.24, 2.45) is 11.3 Å². The number of aryl methyl sites for hydroxylation is 1. The summed E-state index contributed by atoms with van der Waals surface area (Å²) in [4.78, 5) is 0. The van der Waals surface area contributed by atoms with Gasteiger partial charge in [-0.25, -0.2) is 0 Å². The van der Waals surface area contributed by atoms with Gasteiger partial charge in [-0.15, -0.1) is 0 Å². The molecule has 50 heavy (non-hydrogen) atoms. The first-order chi connectivity index (χ1) is 22.5. The second-order valence-electron chi connectivity index (χ2n) is 17.4. The smallest absolute Gasteiger partial charge is 1.00 e. The molecule has 0 N–H and O–H groups in total. The predicted octanol–water partition coefficient (Wildman–Crippen LogP) is 5.89. The van der Waals surface area contributed by atoms with Crippen molar-refractivity contribution >= 4 is 6.48 Å². The number of hydrogen-bond donors (Lipinski definition) is 0. The Hall–Kier alpha value is -2.31. The normalized spacial score (nSPS) is 15.1. The van der Waals surface area contributed by atoms with Crippen LogP contribution in [0, 0.1) is 25.2 Å². The van der Waals surface area contributed by atoms with E-state index in [1.807, 2.05) is 0 Å². The average molecular weight is 783 g/mol. The van der Waals surface area contributed by atoms with Crippen molar-refractivity contribution in [1.82, 2.24) is 0 Å². The molecule has 0 aromatic heterocycles. The molecule has 6 rings (SSSR count). The molecule has 2 aliphatic carbocycles. The van der Waals surface area contributed by atoms with Crippen LogP contribution < -0.4 is 28.1 Å². The van der Waals surface area contributed by atoms with Crippen molar-refractivity contribution in [3.63, 3.8) is 0 Å². The third kappa shape index (κ3) is 7.59. The molecule has 0 saturated carbocycles. The van der Waals surface area contributed by atoms with Gasteiger partial charge >= 0.3 is 301 Å². The number of halogens is 2. The van der Waals surface area contributed by atoms with E-state index >= 15 is 0 Å². The van der Waals surface area contributed by atoms with E-state index < -0.39 is 21.3 Å². The van der Waals surface area contributed by atoms with Crippen LogP contribution >= 0.6 is 0 Å². The average Bonchev–Trinajstić information content (AvgIpc) is 3.60. The zero-order valence-corrected chi connectivity index (χ0v) is 36.4. The Morgan fingerprint density at radius 1 is 0.680 bits per heavy atom. The molecular weight excluding hydrogens is 727 g/mol. The summed E-state index contributed by atoms with van der Waals surface area (Å²) >= 11 is -2.95. The molecule has 0 spiro atoms. The van der Waals surface area contributed by atoms with Crippen LogP contribution in [-0.4, -0.2) is 3.21 Å². The molecule has 0 fully saturated rings. The van der Waals surface area contributed by atoms with Crippen molar-refractivity contribution in [3.8, 4) is 11.1 Å². The summed E-state index contributed by atoms with van der Waals surface area (Å²) in [5.74, 6) is 0.475. The molecule has 0 radical (unpaired) electrons. The quantitative estimate of drug-likeness (QED) is 0.209. The van der Waals surface area contributed by atoms with Gasteiger partial charge in [-0.1, -0.05) is 0 Å². The van der Waals surface area contributed by atoms with Gasteiger partial charge in [-0.3, -0.25) is 0 Å². The summed E-state index contributed by atoms with van der Waals surface area (Å²) in [7, 11) is 0. The van der Waals surface area contributed by atoms with Crippen LogP contribution in [0.2, 0.25) is 0 Å². The van der Waals surface area contributed by atoms with Crippen molar-refractivity contribution in [3.05, 3.63) is 144 Å². The maximum Gasteiger partial charge on any atom is -1.00 e. The molecule has 1 unspecified atom stereocenters. The Balaban J connectivity index is 0.00000281. The third-order valence-corrected chi connectivity index (χ3v) is 19.0. The van der Waals surface area contributed by atoms with E-state index in [9.17, 15) is 0 Å². The first kappa shape index (κ1) is 40.5. The van der Waals surface area contributed by atoms with Crippen molar-refractivity contribution in [1.29, 1.82) is 0 Å². The summed E-state index contributed by atoms with van der Waals surface area (Å²) in [6.07, 6.45) is 7.50. The standard InChI is InChI=1S/C23H29.C13H10.C11H17.2ClH.Zr/c1-14-9-16-11-17-10-15(2)21(23(6,7)8)13-19(17)18(16)12-20(14)22(3,4)5;1-3-7-12(8-4-1)11-13-9-5-2-6-10-13;1-5-9-6-7-10(8-9)11(2,3)4;;;/h9,12-13H,11H2,1-8H3;1-10H;7-9H,5H2,1-4H3;2*1H;/q;;;;;+2/p-2. The van der Waals surface area contributed by atoms with E-state index in [0.29, 0.717) is 5.92 Å². The van der Waals surface area contributed by atoms with E-state index in [2.05, 4.69) is 174 Å². The van der Waals surface area contributed by atoms with Gasteiger partial charge in [-0.05, 0) is 0 Å². The number of allylic oxidation sites excluding steroid dienone is 4. The molecule has 0 amide bonds. The van der Waals surface area contributed by atoms with Gasteiger partial charge in [0.25, 0.3) is 0 Å². The van der Waals surface area contributed by atoms with Gasteiger partial charge in [0.2, 0.25) is 0 Å². The van der Waals surface area contributed by atoms with Gasteiger partial charge in [0.1, 0.15) is 0 Å². The van der Waals surface area contributed by atoms with Gasteiger partial charge in [-0.2, -0.15) is 0 Å². The molecule has 0 bridgehead atoms. The Bertz CT molecular complexity index is 1930. The van der Waals surface area contributed by atoms with Gasteiger partial charge in [0, 0.05) is 0 Å². The van der Waals surface area contributed by atoms with Gasteiger partial charge < -0.3 is 24.8 Å². The SMILES string of the molecule is CCC1C=C(C(C)(C)C)C=[C]1[Zr+2](=[C](c1ccccc1)c1ccccc1)[c]1c(C)c(C(C)(C)C)cc2c1Cc1cc(C)c(C(C)(C)C)cc1-2.[Cl-].[Cl-]. The number of fused-ring (bicyclic) bond motifs is 3.